The van der Waals surface area contributed by atoms with Crippen molar-refractivity contribution < 1.29 is 14.3 Å². The first-order valence-electron chi connectivity index (χ1n) is 10.9. The van der Waals surface area contributed by atoms with E-state index in [1.54, 1.807) is 29.4 Å². The Balaban J connectivity index is 1.14. The molecule has 8 nitrogen and oxygen atoms in total. The number of anilines is 1. The predicted molar refractivity (Wildman–Crippen MR) is 123 cm³/mol. The van der Waals surface area contributed by atoms with E-state index in [-0.39, 0.29) is 17.7 Å². The van der Waals surface area contributed by atoms with Crippen LogP contribution in [0.1, 0.15) is 23.3 Å². The quantitative estimate of drug-likeness (QED) is 0.506. The normalized spacial score (nSPS) is 14.2. The molecule has 0 radical (unpaired) electrons. The van der Waals surface area contributed by atoms with Gasteiger partial charge in [-0.15, -0.1) is 0 Å². The van der Waals surface area contributed by atoms with Crippen LogP contribution < -0.4 is 10.1 Å². The predicted octanol–water partition coefficient (Wildman–Crippen LogP) is 4.01. The van der Waals surface area contributed by atoms with Gasteiger partial charge in [-0.2, -0.15) is 0 Å². The van der Waals surface area contributed by atoms with Crippen molar-refractivity contribution in [3.8, 4) is 11.6 Å². The lowest BCUT2D eigenvalue weighted by Crippen LogP contribution is -2.41. The van der Waals surface area contributed by atoms with Crippen molar-refractivity contribution in [2.45, 2.75) is 12.8 Å². The van der Waals surface area contributed by atoms with Crippen LogP contribution in [-0.2, 0) is 4.79 Å². The maximum Gasteiger partial charge on any atom is 0.274 e. The number of carbonyl (C=O) groups is 2. The van der Waals surface area contributed by atoms with Gasteiger partial charge in [-0.25, -0.2) is 9.97 Å². The Morgan fingerprint density at radius 1 is 0.970 bits per heavy atom. The molecule has 0 atom stereocenters. The van der Waals surface area contributed by atoms with E-state index in [2.05, 4.69) is 15.3 Å². The molecule has 1 fully saturated rings. The second kappa shape index (κ2) is 9.12. The van der Waals surface area contributed by atoms with Crippen molar-refractivity contribution in [1.29, 1.82) is 0 Å². The molecule has 0 aliphatic carbocycles. The summed E-state index contributed by atoms with van der Waals surface area (Å²) in [6.07, 6.45) is 6.40. The van der Waals surface area contributed by atoms with Gasteiger partial charge >= 0.3 is 0 Å². The van der Waals surface area contributed by atoms with Crippen molar-refractivity contribution in [3.63, 3.8) is 0 Å². The Bertz CT molecular complexity index is 1230. The number of benzene rings is 1. The van der Waals surface area contributed by atoms with Gasteiger partial charge in [-0.1, -0.05) is 24.3 Å². The molecule has 2 amide bonds. The highest BCUT2D eigenvalue weighted by Gasteiger charge is 2.29. The van der Waals surface area contributed by atoms with Crippen molar-refractivity contribution in [1.82, 2.24) is 19.3 Å². The Kier molecular flexibility index (Phi) is 5.72. The number of piperidine rings is 1. The summed E-state index contributed by atoms with van der Waals surface area (Å²) >= 11 is 0. The van der Waals surface area contributed by atoms with Crippen LogP contribution in [-0.4, -0.2) is 44.2 Å². The number of amides is 2. The lowest BCUT2D eigenvalue weighted by molar-refractivity contribution is -0.121. The van der Waals surface area contributed by atoms with Crippen molar-refractivity contribution in [2.24, 2.45) is 5.92 Å². The van der Waals surface area contributed by atoms with Gasteiger partial charge in [0, 0.05) is 37.5 Å². The second-order valence-electron chi connectivity index (χ2n) is 7.95. The Hall–Kier alpha value is -4.20. The topological polar surface area (TPSA) is 88.8 Å². The molecule has 8 heteroatoms. The molecule has 5 rings (SSSR count). The van der Waals surface area contributed by atoms with Crippen molar-refractivity contribution in [3.05, 3.63) is 84.9 Å². The summed E-state index contributed by atoms with van der Waals surface area (Å²) in [4.78, 5) is 36.0. The molecule has 1 aliphatic rings. The molecule has 1 aromatic carbocycles. The molecule has 3 aromatic heterocycles. The number of hydrogen-bond donors (Lipinski definition) is 1. The standard InChI is InChI=1S/C25H23N5O3/c31-24(27-19-9-10-23(26-16-19)33-20-6-2-1-3-7-20)18-11-14-29(15-12-18)25(32)21-17-30-13-5-4-8-22(30)28-21/h1-10,13,16-18H,11-12,14-15H2,(H,27,31). The third-order valence-corrected chi connectivity index (χ3v) is 5.71. The first-order valence-corrected chi connectivity index (χ1v) is 10.9. The maximum atomic E-state index is 12.8. The minimum Gasteiger partial charge on any atom is -0.439 e. The van der Waals surface area contributed by atoms with Crippen LogP contribution >= 0.6 is 0 Å². The lowest BCUT2D eigenvalue weighted by atomic mass is 9.95. The summed E-state index contributed by atoms with van der Waals surface area (Å²) in [6.45, 7) is 1.04. The molecule has 0 bridgehead atoms. The Labute approximate surface area is 190 Å². The highest BCUT2D eigenvalue weighted by molar-refractivity contribution is 5.94. The van der Waals surface area contributed by atoms with Gasteiger partial charge in [-0.05, 0) is 43.2 Å². The number of imidazole rings is 1. The zero-order chi connectivity index (χ0) is 22.6. The van der Waals surface area contributed by atoms with Gasteiger partial charge in [0.15, 0.2) is 0 Å². The van der Waals surface area contributed by atoms with E-state index in [0.29, 0.717) is 48.9 Å². The highest BCUT2D eigenvalue weighted by atomic mass is 16.5. The average molecular weight is 441 g/mol. The van der Waals surface area contributed by atoms with Gasteiger partial charge < -0.3 is 19.4 Å². The van der Waals surface area contributed by atoms with Crippen LogP contribution in [0.15, 0.2) is 79.3 Å². The molecule has 166 valence electrons. The van der Waals surface area contributed by atoms with E-state index in [0.717, 1.165) is 5.65 Å². The van der Waals surface area contributed by atoms with Crippen LogP contribution in [0.25, 0.3) is 5.65 Å². The maximum absolute atomic E-state index is 12.8. The van der Waals surface area contributed by atoms with Crippen LogP contribution in [0.5, 0.6) is 11.6 Å². The van der Waals surface area contributed by atoms with Gasteiger partial charge in [0.25, 0.3) is 5.91 Å². The fourth-order valence-electron chi connectivity index (χ4n) is 3.91. The molecular formula is C25H23N5O3. The third-order valence-electron chi connectivity index (χ3n) is 5.71. The molecule has 33 heavy (non-hydrogen) atoms. The molecule has 1 saturated heterocycles. The number of nitrogens with one attached hydrogen (secondary N) is 1. The molecule has 0 saturated carbocycles. The van der Waals surface area contributed by atoms with Crippen molar-refractivity contribution >= 4 is 23.1 Å². The monoisotopic (exact) mass is 441 g/mol. The first kappa shape index (κ1) is 20.7. The number of fused-ring (bicyclic) bond motifs is 1. The van der Waals surface area contributed by atoms with E-state index in [9.17, 15) is 9.59 Å². The molecule has 0 unspecified atom stereocenters. The number of carbonyl (C=O) groups excluding carboxylic acids is 2. The van der Waals surface area contributed by atoms with Crippen LogP contribution in [0.4, 0.5) is 5.69 Å². The second-order valence-corrected chi connectivity index (χ2v) is 7.95. The zero-order valence-corrected chi connectivity index (χ0v) is 17.9. The van der Waals surface area contributed by atoms with E-state index in [1.165, 1.54) is 0 Å². The van der Waals surface area contributed by atoms with Gasteiger partial charge in [0.1, 0.15) is 17.1 Å². The third kappa shape index (κ3) is 4.69. The molecule has 0 spiro atoms. The fraction of sp³-hybridized carbons (Fsp3) is 0.200. The number of nitrogens with zero attached hydrogens (tertiary/aromatic N) is 4. The number of pyridine rings is 2. The van der Waals surface area contributed by atoms with Gasteiger partial charge in [-0.3, -0.25) is 9.59 Å². The number of aromatic nitrogens is 3. The van der Waals surface area contributed by atoms with E-state index in [1.807, 2.05) is 59.1 Å². The lowest BCUT2D eigenvalue weighted by Gasteiger charge is -2.30. The number of ether oxygens (including phenoxy) is 1. The minimum atomic E-state index is -0.157. The Morgan fingerprint density at radius 3 is 2.48 bits per heavy atom. The summed E-state index contributed by atoms with van der Waals surface area (Å²) in [5.41, 5.74) is 1.78. The number of hydrogen-bond acceptors (Lipinski definition) is 5. The summed E-state index contributed by atoms with van der Waals surface area (Å²) in [5.74, 6) is 0.837. The molecule has 4 heterocycles. The number of likely N-dealkylation sites (tertiary alicyclic amines) is 1. The molecule has 1 aliphatic heterocycles. The minimum absolute atomic E-state index is 0.0617. The SMILES string of the molecule is O=C(Nc1ccc(Oc2ccccc2)nc1)C1CCN(C(=O)c2cn3ccccc3n2)CC1. The summed E-state index contributed by atoms with van der Waals surface area (Å²) in [5, 5.41) is 2.92. The summed E-state index contributed by atoms with van der Waals surface area (Å²) < 4.78 is 7.51. The van der Waals surface area contributed by atoms with Crippen molar-refractivity contribution in [2.75, 3.05) is 18.4 Å². The number of rotatable bonds is 5. The fourth-order valence-corrected chi connectivity index (χ4v) is 3.91. The molecule has 1 N–H and O–H groups in total. The van der Waals surface area contributed by atoms with Gasteiger partial charge in [0.05, 0.1) is 11.9 Å². The zero-order valence-electron chi connectivity index (χ0n) is 17.9. The average Bonchev–Trinajstić information content (AvgIpc) is 3.30. The van der Waals surface area contributed by atoms with E-state index >= 15 is 0 Å². The smallest absolute Gasteiger partial charge is 0.274 e. The van der Waals surface area contributed by atoms with Crippen LogP contribution in [0.3, 0.4) is 0 Å². The first-order chi connectivity index (χ1) is 16.2. The Morgan fingerprint density at radius 2 is 1.76 bits per heavy atom. The van der Waals surface area contributed by atoms with Gasteiger partial charge in [0.2, 0.25) is 11.8 Å². The van der Waals surface area contributed by atoms with Crippen LogP contribution in [0.2, 0.25) is 0 Å². The molecular weight excluding hydrogens is 418 g/mol. The van der Waals surface area contributed by atoms with E-state index < -0.39 is 0 Å². The van der Waals surface area contributed by atoms with Crippen LogP contribution in [0, 0.1) is 5.92 Å². The highest BCUT2D eigenvalue weighted by Crippen LogP contribution is 2.23. The van der Waals surface area contributed by atoms with E-state index in [4.69, 9.17) is 4.74 Å². The summed E-state index contributed by atoms with van der Waals surface area (Å²) in [6, 6.07) is 18.5. The number of para-hydroxylation sites is 1. The molecule has 4 aromatic rings. The largest absolute Gasteiger partial charge is 0.439 e. The summed E-state index contributed by atoms with van der Waals surface area (Å²) in [7, 11) is 0.